The van der Waals surface area contributed by atoms with Gasteiger partial charge in [0.2, 0.25) is 0 Å². The van der Waals surface area contributed by atoms with Crippen LogP contribution in [0.15, 0.2) is 66.7 Å². The van der Waals surface area contributed by atoms with Crippen molar-refractivity contribution in [3.63, 3.8) is 0 Å². The first-order chi connectivity index (χ1) is 18.3. The van der Waals surface area contributed by atoms with Crippen LogP contribution in [-0.4, -0.2) is 22.8 Å². The van der Waals surface area contributed by atoms with Gasteiger partial charge < -0.3 is 9.72 Å². The van der Waals surface area contributed by atoms with E-state index in [9.17, 15) is 9.59 Å². The van der Waals surface area contributed by atoms with E-state index in [-0.39, 0.29) is 5.97 Å². The topological polar surface area (TPSA) is 59.2 Å². The van der Waals surface area contributed by atoms with Crippen LogP contribution in [0.25, 0.3) is 22.2 Å². The maximum Gasteiger partial charge on any atom is 0.338 e. The van der Waals surface area contributed by atoms with Gasteiger partial charge in [-0.05, 0) is 87.3 Å². The molecular weight excluding hydrogens is 470 g/mol. The summed E-state index contributed by atoms with van der Waals surface area (Å²) in [5, 5.41) is 1.13. The first kappa shape index (κ1) is 26.0. The number of rotatable bonds is 7. The Labute approximate surface area is 225 Å². The zero-order chi connectivity index (χ0) is 26.7. The molecule has 0 aliphatic heterocycles. The highest BCUT2D eigenvalue weighted by Gasteiger charge is 2.26. The van der Waals surface area contributed by atoms with E-state index in [0.29, 0.717) is 17.0 Å². The van der Waals surface area contributed by atoms with Crippen LogP contribution >= 0.6 is 0 Å². The Morgan fingerprint density at radius 2 is 1.66 bits per heavy atom. The standard InChI is InChI=1S/C34H37NO3/c1-34(2,3)38-33(37)26-17-19-29-30(21-26)35-32(31(29)25-12-8-5-9-13-25)28-18-16-24(20-27(28)22-36)15-14-23-10-6-4-7-11-23/h4,6-7,10-11,16-22,25,35H,5,8-9,12-15H2,1-3H3. The lowest BCUT2D eigenvalue weighted by atomic mass is 9.81. The molecule has 0 bridgehead atoms. The van der Waals surface area contributed by atoms with Crippen molar-refractivity contribution in [1.82, 2.24) is 4.98 Å². The largest absolute Gasteiger partial charge is 0.456 e. The van der Waals surface area contributed by atoms with Gasteiger partial charge in [0, 0.05) is 22.0 Å². The summed E-state index contributed by atoms with van der Waals surface area (Å²) < 4.78 is 5.62. The molecule has 1 heterocycles. The van der Waals surface area contributed by atoms with Crippen LogP contribution < -0.4 is 0 Å². The van der Waals surface area contributed by atoms with E-state index >= 15 is 0 Å². The van der Waals surface area contributed by atoms with E-state index in [4.69, 9.17) is 4.74 Å². The Morgan fingerprint density at radius 3 is 2.37 bits per heavy atom. The van der Waals surface area contributed by atoms with Crippen LogP contribution in [-0.2, 0) is 17.6 Å². The smallest absolute Gasteiger partial charge is 0.338 e. The fraction of sp³-hybridized carbons (Fsp3) is 0.353. The highest BCUT2D eigenvalue weighted by molar-refractivity contribution is 6.00. The van der Waals surface area contributed by atoms with E-state index in [0.717, 1.165) is 59.7 Å². The van der Waals surface area contributed by atoms with Crippen molar-refractivity contribution < 1.29 is 14.3 Å². The van der Waals surface area contributed by atoms with Gasteiger partial charge in [-0.2, -0.15) is 0 Å². The summed E-state index contributed by atoms with van der Waals surface area (Å²) >= 11 is 0. The molecule has 3 aromatic carbocycles. The summed E-state index contributed by atoms with van der Waals surface area (Å²) in [6, 6.07) is 22.5. The van der Waals surface area contributed by atoms with Crippen molar-refractivity contribution in [3.8, 4) is 11.3 Å². The lowest BCUT2D eigenvalue weighted by molar-refractivity contribution is 0.00696. The molecule has 1 N–H and O–H groups in total. The SMILES string of the molecule is CC(C)(C)OC(=O)c1ccc2c(C3CCCCC3)c(-c3ccc(CCc4ccccc4)cc3C=O)[nH]c2c1. The number of hydrogen-bond donors (Lipinski definition) is 1. The quantitative estimate of drug-likeness (QED) is 0.202. The fourth-order valence-corrected chi connectivity index (χ4v) is 5.74. The normalized spacial score (nSPS) is 14.5. The van der Waals surface area contributed by atoms with Crippen molar-refractivity contribution in [2.45, 2.75) is 77.2 Å². The van der Waals surface area contributed by atoms with Crippen LogP contribution in [0.3, 0.4) is 0 Å². The highest BCUT2D eigenvalue weighted by Crippen LogP contribution is 2.43. The first-order valence-electron chi connectivity index (χ1n) is 13.8. The van der Waals surface area contributed by atoms with E-state index in [1.807, 2.05) is 51.1 Å². The summed E-state index contributed by atoms with van der Waals surface area (Å²) in [7, 11) is 0. The van der Waals surface area contributed by atoms with Crippen LogP contribution in [0.4, 0.5) is 0 Å². The van der Waals surface area contributed by atoms with Gasteiger partial charge in [0.15, 0.2) is 6.29 Å². The molecule has 4 aromatic rings. The molecule has 0 unspecified atom stereocenters. The van der Waals surface area contributed by atoms with Crippen molar-refractivity contribution in [2.24, 2.45) is 0 Å². The maximum atomic E-state index is 12.8. The minimum Gasteiger partial charge on any atom is -0.456 e. The number of ether oxygens (including phenoxy) is 1. The van der Waals surface area contributed by atoms with Gasteiger partial charge in [0.1, 0.15) is 5.60 Å². The van der Waals surface area contributed by atoms with Gasteiger partial charge in [-0.1, -0.05) is 67.8 Å². The minimum absolute atomic E-state index is 0.328. The molecule has 1 aliphatic carbocycles. The number of aromatic amines is 1. The Kier molecular flexibility index (Phi) is 7.51. The van der Waals surface area contributed by atoms with Gasteiger partial charge in [-0.15, -0.1) is 0 Å². The van der Waals surface area contributed by atoms with Crippen molar-refractivity contribution >= 4 is 23.2 Å². The molecule has 4 heteroatoms. The molecule has 0 amide bonds. The predicted molar refractivity (Wildman–Crippen MR) is 154 cm³/mol. The number of aromatic nitrogens is 1. The summed E-state index contributed by atoms with van der Waals surface area (Å²) in [6.07, 6.45) is 8.77. The number of hydrogen-bond acceptors (Lipinski definition) is 3. The zero-order valence-electron chi connectivity index (χ0n) is 22.7. The number of nitrogens with one attached hydrogen (secondary N) is 1. The number of esters is 1. The van der Waals surface area contributed by atoms with Gasteiger partial charge >= 0.3 is 5.97 Å². The zero-order valence-corrected chi connectivity index (χ0v) is 22.7. The Hall–Kier alpha value is -3.66. The number of benzene rings is 3. The molecule has 1 aliphatic rings. The number of carbonyl (C=O) groups excluding carboxylic acids is 2. The number of carbonyl (C=O) groups is 2. The second kappa shape index (κ2) is 11.0. The first-order valence-corrected chi connectivity index (χ1v) is 13.8. The van der Waals surface area contributed by atoms with Gasteiger partial charge in [0.25, 0.3) is 0 Å². The van der Waals surface area contributed by atoms with Crippen LogP contribution in [0.5, 0.6) is 0 Å². The average Bonchev–Trinajstić information content (AvgIpc) is 3.30. The van der Waals surface area contributed by atoms with Crippen LogP contribution in [0.1, 0.15) is 96.2 Å². The molecular formula is C34H37NO3. The summed E-state index contributed by atoms with van der Waals surface area (Å²) in [5.41, 5.74) is 7.24. The second-order valence-electron chi connectivity index (χ2n) is 11.5. The molecule has 1 aromatic heterocycles. The van der Waals surface area contributed by atoms with Crippen LogP contribution in [0.2, 0.25) is 0 Å². The monoisotopic (exact) mass is 507 g/mol. The lowest BCUT2D eigenvalue weighted by Crippen LogP contribution is -2.23. The molecule has 38 heavy (non-hydrogen) atoms. The maximum absolute atomic E-state index is 12.8. The Balaban J connectivity index is 1.54. The van der Waals surface area contributed by atoms with Gasteiger partial charge in [0.05, 0.1) is 11.3 Å². The molecule has 0 atom stereocenters. The molecule has 4 nitrogen and oxygen atoms in total. The highest BCUT2D eigenvalue weighted by atomic mass is 16.6. The van der Waals surface area contributed by atoms with Crippen molar-refractivity contribution in [1.29, 1.82) is 0 Å². The van der Waals surface area contributed by atoms with Crippen molar-refractivity contribution in [2.75, 3.05) is 0 Å². The average molecular weight is 508 g/mol. The molecule has 196 valence electrons. The van der Waals surface area contributed by atoms with E-state index < -0.39 is 5.60 Å². The third-order valence-electron chi connectivity index (χ3n) is 7.54. The summed E-state index contributed by atoms with van der Waals surface area (Å²) in [5.74, 6) is 0.100. The minimum atomic E-state index is -0.554. The molecule has 1 saturated carbocycles. The molecule has 0 radical (unpaired) electrons. The van der Waals surface area contributed by atoms with E-state index in [2.05, 4.69) is 41.4 Å². The summed E-state index contributed by atoms with van der Waals surface area (Å²) in [6.45, 7) is 5.63. The molecule has 0 saturated heterocycles. The number of aldehydes is 1. The van der Waals surface area contributed by atoms with Gasteiger partial charge in [-0.3, -0.25) is 4.79 Å². The predicted octanol–water partition coefficient (Wildman–Crippen LogP) is 8.44. The lowest BCUT2D eigenvalue weighted by Gasteiger charge is -2.23. The molecule has 1 fully saturated rings. The molecule has 5 rings (SSSR count). The molecule has 0 spiro atoms. The Morgan fingerprint density at radius 1 is 0.921 bits per heavy atom. The van der Waals surface area contributed by atoms with Crippen molar-refractivity contribution in [3.05, 3.63) is 94.5 Å². The third-order valence-corrected chi connectivity index (χ3v) is 7.54. The number of aryl methyl sites for hydroxylation is 2. The second-order valence-corrected chi connectivity index (χ2v) is 11.5. The summed E-state index contributed by atoms with van der Waals surface area (Å²) in [4.78, 5) is 28.7. The fourth-order valence-electron chi connectivity index (χ4n) is 5.74. The van der Waals surface area contributed by atoms with E-state index in [1.165, 1.54) is 30.4 Å². The Bertz CT molecular complexity index is 1440. The van der Waals surface area contributed by atoms with E-state index in [1.54, 1.807) is 0 Å². The number of fused-ring (bicyclic) bond motifs is 1. The van der Waals surface area contributed by atoms with Gasteiger partial charge in [-0.25, -0.2) is 4.79 Å². The van der Waals surface area contributed by atoms with Crippen LogP contribution in [0, 0.1) is 0 Å². The third kappa shape index (κ3) is 5.75. The number of H-pyrrole nitrogens is 1.